The first kappa shape index (κ1) is 20.7. The van der Waals surface area contributed by atoms with Gasteiger partial charge in [-0.05, 0) is 30.2 Å². The van der Waals surface area contributed by atoms with Crippen LogP contribution in [0.1, 0.15) is 36.9 Å². The first-order valence-electron chi connectivity index (χ1n) is 9.25. The van der Waals surface area contributed by atoms with Gasteiger partial charge in [0.1, 0.15) is 5.50 Å². The Morgan fingerprint density at radius 2 is 2.04 bits per heavy atom. The van der Waals surface area contributed by atoms with Crippen molar-refractivity contribution in [3.05, 3.63) is 70.7 Å². The van der Waals surface area contributed by atoms with Crippen LogP contribution < -0.4 is 16.0 Å². The van der Waals surface area contributed by atoms with E-state index in [0.717, 1.165) is 11.1 Å². The fraction of sp³-hybridized carbons (Fsp3) is 0.333. The minimum atomic E-state index is -0.232. The Labute approximate surface area is 174 Å². The molecule has 1 saturated heterocycles. The molecule has 148 valence electrons. The molecular weight excluding hydrogens is 394 g/mol. The summed E-state index contributed by atoms with van der Waals surface area (Å²) in [6, 6.07) is 17.2. The Balaban J connectivity index is 1.49. The van der Waals surface area contributed by atoms with Crippen molar-refractivity contribution in [1.29, 1.82) is 0 Å². The van der Waals surface area contributed by atoms with Gasteiger partial charge in [-0.2, -0.15) is 0 Å². The highest BCUT2D eigenvalue weighted by atomic mass is 35.5. The lowest BCUT2D eigenvalue weighted by molar-refractivity contribution is -0.125. The van der Waals surface area contributed by atoms with Gasteiger partial charge in [-0.25, -0.2) is 0 Å². The summed E-state index contributed by atoms with van der Waals surface area (Å²) in [6.07, 6.45) is 0.556. The molecule has 2 aromatic rings. The minimum absolute atomic E-state index is 0.0451. The first-order valence-corrected chi connectivity index (χ1v) is 10.7. The van der Waals surface area contributed by atoms with Crippen molar-refractivity contribution < 1.29 is 9.59 Å². The summed E-state index contributed by atoms with van der Waals surface area (Å²) in [6.45, 7) is 1.96. The number of carbonyl (C=O) groups excluding carboxylic acids is 2. The van der Waals surface area contributed by atoms with Crippen molar-refractivity contribution in [3.8, 4) is 0 Å². The van der Waals surface area contributed by atoms with E-state index in [1.54, 1.807) is 11.8 Å². The number of carbonyl (C=O) groups is 2. The third-order valence-electron chi connectivity index (χ3n) is 4.53. The second-order valence-corrected chi connectivity index (χ2v) is 8.39. The topological polar surface area (TPSA) is 70.2 Å². The van der Waals surface area contributed by atoms with Crippen LogP contribution in [0.15, 0.2) is 54.6 Å². The largest absolute Gasteiger partial charge is 0.350 e. The molecule has 3 atom stereocenters. The van der Waals surface area contributed by atoms with Crippen molar-refractivity contribution in [2.45, 2.75) is 43.1 Å². The zero-order valence-corrected chi connectivity index (χ0v) is 17.2. The fourth-order valence-electron chi connectivity index (χ4n) is 3.12. The summed E-state index contributed by atoms with van der Waals surface area (Å²) in [7, 11) is 0. The minimum Gasteiger partial charge on any atom is -0.350 e. The molecule has 0 spiro atoms. The van der Waals surface area contributed by atoms with Gasteiger partial charge in [0.25, 0.3) is 0 Å². The second-order valence-electron chi connectivity index (χ2n) is 6.86. The molecule has 0 saturated carbocycles. The number of thioether (sulfide) groups is 1. The third-order valence-corrected chi connectivity index (χ3v) is 5.85. The number of rotatable bonds is 7. The lowest BCUT2D eigenvalue weighted by Crippen LogP contribution is -2.55. The summed E-state index contributed by atoms with van der Waals surface area (Å²) in [5.74, 6) is 0.598. The van der Waals surface area contributed by atoms with Crippen LogP contribution >= 0.6 is 23.4 Å². The van der Waals surface area contributed by atoms with Crippen LogP contribution in [0, 0.1) is 0 Å². The Morgan fingerprint density at radius 3 is 2.79 bits per heavy atom. The molecule has 1 fully saturated rings. The van der Waals surface area contributed by atoms with Gasteiger partial charge in [-0.3, -0.25) is 14.9 Å². The lowest BCUT2D eigenvalue weighted by atomic mass is 10.1. The maximum Gasteiger partial charge on any atom is 0.223 e. The summed E-state index contributed by atoms with van der Waals surface area (Å²) >= 11 is 7.59. The van der Waals surface area contributed by atoms with Crippen LogP contribution in [0.3, 0.4) is 0 Å². The van der Waals surface area contributed by atoms with Gasteiger partial charge in [-0.1, -0.05) is 54.1 Å². The summed E-state index contributed by atoms with van der Waals surface area (Å²) in [4.78, 5) is 24.5. The highest BCUT2D eigenvalue weighted by Gasteiger charge is 2.28. The van der Waals surface area contributed by atoms with Crippen molar-refractivity contribution in [2.24, 2.45) is 0 Å². The van der Waals surface area contributed by atoms with Gasteiger partial charge in [0.05, 0.1) is 6.04 Å². The molecule has 1 aliphatic rings. The standard InChI is InChI=1S/C21H24ClN3O2S/c1-14(16-7-3-2-4-8-16)23-19(26)11-18-12-20(27)25-21(24-18)28-13-15-6-5-9-17(22)10-15/h2-10,14,18,21,24H,11-13H2,1H3,(H,23,26)(H,25,27). The molecule has 7 heteroatoms. The van der Waals surface area contributed by atoms with Crippen molar-refractivity contribution in [1.82, 2.24) is 16.0 Å². The number of hydrogen-bond donors (Lipinski definition) is 3. The number of halogens is 1. The molecule has 3 N–H and O–H groups in total. The average Bonchev–Trinajstić information content (AvgIpc) is 2.66. The predicted octanol–water partition coefficient (Wildman–Crippen LogP) is 3.60. The number of nitrogens with one attached hydrogen (secondary N) is 3. The van der Waals surface area contributed by atoms with Crippen LogP contribution in [-0.2, 0) is 15.3 Å². The monoisotopic (exact) mass is 417 g/mol. The van der Waals surface area contributed by atoms with E-state index in [4.69, 9.17) is 11.6 Å². The molecule has 2 amide bonds. The van der Waals surface area contributed by atoms with Gasteiger partial charge in [0, 0.05) is 29.7 Å². The van der Waals surface area contributed by atoms with Crippen LogP contribution in [0.5, 0.6) is 0 Å². The molecule has 0 aliphatic carbocycles. The van der Waals surface area contributed by atoms with E-state index in [1.807, 2.05) is 61.5 Å². The summed E-state index contributed by atoms with van der Waals surface area (Å²) in [5, 5.41) is 9.97. The average molecular weight is 418 g/mol. The molecule has 3 unspecified atom stereocenters. The Kier molecular flexibility index (Phi) is 7.36. The lowest BCUT2D eigenvalue weighted by Gasteiger charge is -2.31. The molecule has 0 radical (unpaired) electrons. The smallest absolute Gasteiger partial charge is 0.223 e. The molecule has 2 aromatic carbocycles. The van der Waals surface area contributed by atoms with Crippen molar-refractivity contribution >= 4 is 35.2 Å². The molecular formula is C21H24ClN3O2S. The van der Waals surface area contributed by atoms with E-state index in [0.29, 0.717) is 17.2 Å². The summed E-state index contributed by atoms with van der Waals surface area (Å²) < 4.78 is 0. The third kappa shape index (κ3) is 6.26. The van der Waals surface area contributed by atoms with Gasteiger partial charge in [-0.15, -0.1) is 11.8 Å². The summed E-state index contributed by atoms with van der Waals surface area (Å²) in [5.41, 5.74) is 1.91. The quantitative estimate of drug-likeness (QED) is 0.643. The van der Waals surface area contributed by atoms with E-state index >= 15 is 0 Å². The highest BCUT2D eigenvalue weighted by molar-refractivity contribution is 7.99. The maximum atomic E-state index is 12.4. The SMILES string of the molecule is CC(NC(=O)CC1CC(=O)NC(SCc2cccc(Cl)c2)N1)c1ccccc1. The second kappa shape index (κ2) is 9.96. The van der Waals surface area contributed by atoms with Crippen LogP contribution in [0.25, 0.3) is 0 Å². The van der Waals surface area contributed by atoms with Gasteiger partial charge in [0.2, 0.25) is 11.8 Å². The Hall–Kier alpha value is -2.02. The fourth-order valence-corrected chi connectivity index (χ4v) is 4.38. The maximum absolute atomic E-state index is 12.4. The Bertz CT molecular complexity index is 818. The number of hydrogen-bond acceptors (Lipinski definition) is 4. The zero-order valence-electron chi connectivity index (χ0n) is 15.7. The van der Waals surface area contributed by atoms with Gasteiger partial charge < -0.3 is 10.6 Å². The van der Waals surface area contributed by atoms with Crippen LogP contribution in [0.4, 0.5) is 0 Å². The first-order chi connectivity index (χ1) is 13.5. The molecule has 1 heterocycles. The molecule has 28 heavy (non-hydrogen) atoms. The molecule has 0 bridgehead atoms. The highest BCUT2D eigenvalue weighted by Crippen LogP contribution is 2.21. The molecule has 1 aliphatic heterocycles. The van der Waals surface area contributed by atoms with E-state index in [9.17, 15) is 9.59 Å². The van der Waals surface area contributed by atoms with Gasteiger partial charge >= 0.3 is 0 Å². The van der Waals surface area contributed by atoms with E-state index in [1.165, 1.54) is 0 Å². The molecule has 3 rings (SSSR count). The predicted molar refractivity (Wildman–Crippen MR) is 114 cm³/mol. The van der Waals surface area contributed by atoms with Crippen molar-refractivity contribution in [2.75, 3.05) is 0 Å². The normalized spacial score (nSPS) is 20.3. The number of amides is 2. The van der Waals surface area contributed by atoms with Crippen LogP contribution in [0.2, 0.25) is 5.02 Å². The van der Waals surface area contributed by atoms with E-state index in [2.05, 4.69) is 16.0 Å². The number of benzene rings is 2. The van der Waals surface area contributed by atoms with E-state index in [-0.39, 0.29) is 35.8 Å². The van der Waals surface area contributed by atoms with E-state index < -0.39 is 0 Å². The van der Waals surface area contributed by atoms with Gasteiger partial charge in [0.15, 0.2) is 0 Å². The molecule has 0 aromatic heterocycles. The van der Waals surface area contributed by atoms with Crippen molar-refractivity contribution in [3.63, 3.8) is 0 Å². The zero-order chi connectivity index (χ0) is 19.9. The Morgan fingerprint density at radius 1 is 1.25 bits per heavy atom. The molecule has 5 nitrogen and oxygen atoms in total. The van der Waals surface area contributed by atoms with Crippen LogP contribution in [-0.4, -0.2) is 23.4 Å².